The molecule has 0 N–H and O–H groups in total. The Bertz CT molecular complexity index is 358. The van der Waals surface area contributed by atoms with Crippen LogP contribution in [0.3, 0.4) is 0 Å². The second kappa shape index (κ2) is 7.47. The number of carbonyl (C=O) groups excluding carboxylic acids is 1. The lowest BCUT2D eigenvalue weighted by molar-refractivity contribution is -0.141. The Morgan fingerprint density at radius 3 is 2.61 bits per heavy atom. The first-order valence-electron chi connectivity index (χ1n) is 6.66. The van der Waals surface area contributed by atoms with Crippen molar-refractivity contribution in [2.75, 3.05) is 5.75 Å². The van der Waals surface area contributed by atoms with Crippen molar-refractivity contribution < 1.29 is 9.53 Å². The van der Waals surface area contributed by atoms with Gasteiger partial charge in [-0.25, -0.2) is 0 Å². The van der Waals surface area contributed by atoms with Crippen LogP contribution < -0.4 is 0 Å². The van der Waals surface area contributed by atoms with Crippen LogP contribution >= 0.6 is 11.8 Å². The van der Waals surface area contributed by atoms with Gasteiger partial charge >= 0.3 is 5.97 Å². The summed E-state index contributed by atoms with van der Waals surface area (Å²) in [4.78, 5) is 11.6. The zero-order valence-corrected chi connectivity index (χ0v) is 11.5. The summed E-state index contributed by atoms with van der Waals surface area (Å²) in [6.07, 6.45) is 6.51. The number of esters is 1. The van der Waals surface area contributed by atoms with E-state index in [1.54, 1.807) is 11.8 Å². The number of rotatable bonds is 5. The van der Waals surface area contributed by atoms with E-state index in [0.717, 1.165) is 5.56 Å². The molecule has 0 amide bonds. The van der Waals surface area contributed by atoms with Crippen molar-refractivity contribution in [1.29, 1.82) is 0 Å². The fourth-order valence-electron chi connectivity index (χ4n) is 2.20. The summed E-state index contributed by atoms with van der Waals surface area (Å²) in [6, 6.07) is 9.83. The first-order chi connectivity index (χ1) is 8.84. The zero-order valence-electron chi connectivity index (χ0n) is 10.6. The summed E-state index contributed by atoms with van der Waals surface area (Å²) in [6.45, 7) is 0.394. The molecule has 1 saturated carbocycles. The van der Waals surface area contributed by atoms with Crippen molar-refractivity contribution in [3.63, 3.8) is 0 Å². The summed E-state index contributed by atoms with van der Waals surface area (Å²) < 4.78 is 5.26. The lowest BCUT2D eigenvalue weighted by Gasteiger charge is -2.20. The number of thioether (sulfide) groups is 1. The van der Waals surface area contributed by atoms with Gasteiger partial charge in [-0.15, -0.1) is 11.8 Å². The molecule has 1 aromatic carbocycles. The fraction of sp³-hybridized carbons (Fsp3) is 0.533. The average Bonchev–Trinajstić information content (AvgIpc) is 2.45. The van der Waals surface area contributed by atoms with Crippen LogP contribution in [0.4, 0.5) is 0 Å². The van der Waals surface area contributed by atoms with Crippen LogP contribution in [-0.4, -0.2) is 17.0 Å². The molecule has 0 bridgehead atoms. The largest absolute Gasteiger partial charge is 0.460 e. The third kappa shape index (κ3) is 4.73. The molecule has 0 saturated heterocycles. The molecule has 18 heavy (non-hydrogen) atoms. The van der Waals surface area contributed by atoms with Crippen LogP contribution in [0.5, 0.6) is 0 Å². The van der Waals surface area contributed by atoms with Crippen molar-refractivity contribution in [1.82, 2.24) is 0 Å². The Morgan fingerprint density at radius 2 is 1.89 bits per heavy atom. The highest BCUT2D eigenvalue weighted by Gasteiger charge is 2.15. The molecule has 1 aliphatic rings. The predicted molar refractivity (Wildman–Crippen MR) is 75.6 cm³/mol. The van der Waals surface area contributed by atoms with Gasteiger partial charge in [0.1, 0.15) is 6.61 Å². The maximum absolute atomic E-state index is 11.6. The van der Waals surface area contributed by atoms with Gasteiger partial charge in [0.25, 0.3) is 0 Å². The molecule has 0 aromatic heterocycles. The standard InChI is InChI=1S/C15H20O2S/c16-15(12-18-14-9-5-2-6-10-14)17-11-13-7-3-1-4-8-13/h1,3-4,7-8,14H,2,5-6,9-12H2. The Kier molecular flexibility index (Phi) is 5.59. The highest BCUT2D eigenvalue weighted by molar-refractivity contribution is 8.00. The van der Waals surface area contributed by atoms with Crippen LogP contribution in [0, 0.1) is 0 Å². The van der Waals surface area contributed by atoms with Crippen molar-refractivity contribution in [2.24, 2.45) is 0 Å². The van der Waals surface area contributed by atoms with E-state index in [1.807, 2.05) is 30.3 Å². The van der Waals surface area contributed by atoms with Gasteiger partial charge in [0.2, 0.25) is 0 Å². The molecule has 3 heteroatoms. The van der Waals surface area contributed by atoms with Crippen LogP contribution in [0.25, 0.3) is 0 Å². The van der Waals surface area contributed by atoms with Gasteiger partial charge in [-0.05, 0) is 18.4 Å². The molecule has 98 valence electrons. The minimum atomic E-state index is -0.0885. The average molecular weight is 264 g/mol. The van der Waals surface area contributed by atoms with Crippen molar-refractivity contribution >= 4 is 17.7 Å². The zero-order chi connectivity index (χ0) is 12.6. The van der Waals surface area contributed by atoms with Gasteiger partial charge in [-0.2, -0.15) is 0 Å². The topological polar surface area (TPSA) is 26.3 Å². The highest BCUT2D eigenvalue weighted by Crippen LogP contribution is 2.28. The summed E-state index contributed by atoms with van der Waals surface area (Å²) in [7, 11) is 0. The molecule has 2 nitrogen and oxygen atoms in total. The first kappa shape index (κ1) is 13.5. The smallest absolute Gasteiger partial charge is 0.316 e. The summed E-state index contributed by atoms with van der Waals surface area (Å²) >= 11 is 1.77. The van der Waals surface area contributed by atoms with Gasteiger partial charge in [0, 0.05) is 5.25 Å². The van der Waals surface area contributed by atoms with E-state index in [-0.39, 0.29) is 5.97 Å². The minimum Gasteiger partial charge on any atom is -0.460 e. The Balaban J connectivity index is 1.63. The van der Waals surface area contributed by atoms with E-state index in [4.69, 9.17) is 4.74 Å². The van der Waals surface area contributed by atoms with Crippen molar-refractivity contribution in [3.8, 4) is 0 Å². The molecule has 0 aliphatic heterocycles. The number of benzene rings is 1. The molecule has 0 unspecified atom stereocenters. The lowest BCUT2D eigenvalue weighted by atomic mass is 10.0. The third-order valence-electron chi connectivity index (χ3n) is 3.23. The number of hydrogen-bond acceptors (Lipinski definition) is 3. The number of carbonyl (C=O) groups is 1. The summed E-state index contributed by atoms with van der Waals surface area (Å²) in [5, 5.41) is 0.669. The van der Waals surface area contributed by atoms with Gasteiger partial charge in [-0.1, -0.05) is 49.6 Å². The molecule has 1 aromatic rings. The van der Waals surface area contributed by atoms with Crippen molar-refractivity contribution in [3.05, 3.63) is 35.9 Å². The van der Waals surface area contributed by atoms with Crippen LogP contribution in [0.15, 0.2) is 30.3 Å². The predicted octanol–water partition coefficient (Wildman–Crippen LogP) is 3.80. The number of hydrogen-bond donors (Lipinski definition) is 0. The van der Waals surface area contributed by atoms with E-state index in [2.05, 4.69) is 0 Å². The van der Waals surface area contributed by atoms with Crippen LogP contribution in [0.2, 0.25) is 0 Å². The molecule has 0 spiro atoms. The van der Waals surface area contributed by atoms with Gasteiger partial charge in [-0.3, -0.25) is 4.79 Å². The Labute approximate surface area is 113 Å². The van der Waals surface area contributed by atoms with E-state index in [9.17, 15) is 4.79 Å². The second-order valence-corrected chi connectivity index (χ2v) is 6.01. The number of ether oxygens (including phenoxy) is 1. The molecule has 1 fully saturated rings. The van der Waals surface area contributed by atoms with E-state index in [1.165, 1.54) is 32.1 Å². The molecule has 0 radical (unpaired) electrons. The summed E-state index contributed by atoms with van der Waals surface area (Å²) in [5.41, 5.74) is 1.05. The highest BCUT2D eigenvalue weighted by atomic mass is 32.2. The van der Waals surface area contributed by atoms with Crippen LogP contribution in [-0.2, 0) is 16.1 Å². The molecule has 0 heterocycles. The Hall–Kier alpha value is -0.960. The SMILES string of the molecule is O=C(CSC1CCCCC1)OCc1ccccc1. The van der Waals surface area contributed by atoms with Gasteiger partial charge in [0.05, 0.1) is 5.75 Å². The quantitative estimate of drug-likeness (QED) is 0.757. The minimum absolute atomic E-state index is 0.0885. The molecule has 1 aliphatic carbocycles. The van der Waals surface area contributed by atoms with E-state index < -0.39 is 0 Å². The molecular formula is C15H20O2S. The second-order valence-electron chi connectivity index (χ2n) is 4.72. The monoisotopic (exact) mass is 264 g/mol. The maximum Gasteiger partial charge on any atom is 0.316 e. The Morgan fingerprint density at radius 1 is 1.17 bits per heavy atom. The fourth-order valence-corrected chi connectivity index (χ4v) is 3.32. The lowest BCUT2D eigenvalue weighted by Crippen LogP contribution is -2.13. The first-order valence-corrected chi connectivity index (χ1v) is 7.70. The van der Waals surface area contributed by atoms with Crippen molar-refractivity contribution in [2.45, 2.75) is 44.0 Å². The summed E-state index contributed by atoms with van der Waals surface area (Å²) in [5.74, 6) is 0.409. The third-order valence-corrected chi connectivity index (χ3v) is 4.58. The molecule has 0 atom stereocenters. The van der Waals surface area contributed by atoms with Crippen LogP contribution in [0.1, 0.15) is 37.7 Å². The molecular weight excluding hydrogens is 244 g/mol. The normalized spacial score (nSPS) is 16.4. The van der Waals surface area contributed by atoms with E-state index >= 15 is 0 Å². The van der Waals surface area contributed by atoms with E-state index in [0.29, 0.717) is 17.6 Å². The maximum atomic E-state index is 11.6. The molecule has 2 rings (SSSR count). The van der Waals surface area contributed by atoms with Gasteiger partial charge < -0.3 is 4.74 Å². The van der Waals surface area contributed by atoms with Gasteiger partial charge in [0.15, 0.2) is 0 Å².